The molecule has 0 aliphatic heterocycles. The summed E-state index contributed by atoms with van der Waals surface area (Å²) in [5.74, 6) is 0.998. The van der Waals surface area contributed by atoms with Crippen LogP contribution in [-0.2, 0) is 4.79 Å². The van der Waals surface area contributed by atoms with Crippen molar-refractivity contribution in [3.63, 3.8) is 0 Å². The number of hydrogen-bond donors (Lipinski definition) is 2. The van der Waals surface area contributed by atoms with Crippen LogP contribution in [0.2, 0.25) is 5.02 Å². The summed E-state index contributed by atoms with van der Waals surface area (Å²) in [7, 11) is 4.49. The van der Waals surface area contributed by atoms with E-state index in [4.69, 9.17) is 25.8 Å². The van der Waals surface area contributed by atoms with Crippen LogP contribution in [0.3, 0.4) is 0 Å². The van der Waals surface area contributed by atoms with Crippen molar-refractivity contribution in [2.45, 2.75) is 26.9 Å². The van der Waals surface area contributed by atoms with Crippen molar-refractivity contribution in [3.05, 3.63) is 46.5 Å². The first-order valence-electron chi connectivity index (χ1n) is 8.71. The predicted octanol–water partition coefficient (Wildman–Crippen LogP) is 4.43. The van der Waals surface area contributed by atoms with E-state index in [1.807, 2.05) is 0 Å². The molecule has 0 saturated heterocycles. The molecule has 1 unspecified atom stereocenters. The standard InChI is InChI=1S/C21H26ClNO5/c1-21(2,3)20(25)23-17-14(10-12(22)11-16(17)27-5)18(24)13-8-7-9-15(26-4)19(13)28-6/h7-11,18,24H,1-6H3,(H,23,25). The number of hydrogen-bond acceptors (Lipinski definition) is 5. The Morgan fingerprint density at radius 1 is 1.04 bits per heavy atom. The van der Waals surface area contributed by atoms with E-state index < -0.39 is 11.5 Å². The van der Waals surface area contributed by atoms with Gasteiger partial charge in [-0.15, -0.1) is 0 Å². The maximum absolute atomic E-state index is 12.6. The highest BCUT2D eigenvalue weighted by Crippen LogP contribution is 2.43. The van der Waals surface area contributed by atoms with Gasteiger partial charge in [-0.25, -0.2) is 0 Å². The van der Waals surface area contributed by atoms with Crippen LogP contribution in [0.25, 0.3) is 0 Å². The number of ether oxygens (including phenoxy) is 3. The van der Waals surface area contributed by atoms with Crippen LogP contribution >= 0.6 is 11.6 Å². The normalized spacial score (nSPS) is 12.3. The van der Waals surface area contributed by atoms with Gasteiger partial charge in [0.25, 0.3) is 0 Å². The van der Waals surface area contributed by atoms with Crippen LogP contribution in [0.15, 0.2) is 30.3 Å². The fourth-order valence-electron chi connectivity index (χ4n) is 2.71. The monoisotopic (exact) mass is 407 g/mol. The molecular formula is C21H26ClNO5. The molecule has 0 bridgehead atoms. The summed E-state index contributed by atoms with van der Waals surface area (Å²) in [5, 5.41) is 14.4. The highest BCUT2D eigenvalue weighted by Gasteiger charge is 2.28. The van der Waals surface area contributed by atoms with Crippen LogP contribution in [0.4, 0.5) is 5.69 Å². The molecule has 0 heterocycles. The lowest BCUT2D eigenvalue weighted by Gasteiger charge is -2.24. The summed E-state index contributed by atoms with van der Waals surface area (Å²) in [5.41, 5.74) is 0.565. The van der Waals surface area contributed by atoms with Crippen molar-refractivity contribution in [2.24, 2.45) is 5.41 Å². The number of rotatable bonds is 6. The molecular weight excluding hydrogens is 382 g/mol. The number of carbonyl (C=O) groups excluding carboxylic acids is 1. The third kappa shape index (κ3) is 4.51. The number of para-hydroxylation sites is 1. The second-order valence-electron chi connectivity index (χ2n) is 7.26. The Bertz CT molecular complexity index is 861. The maximum Gasteiger partial charge on any atom is 0.229 e. The minimum Gasteiger partial charge on any atom is -0.495 e. The van der Waals surface area contributed by atoms with Gasteiger partial charge in [-0.3, -0.25) is 4.79 Å². The van der Waals surface area contributed by atoms with E-state index in [0.717, 1.165) is 0 Å². The van der Waals surface area contributed by atoms with Gasteiger partial charge in [0.2, 0.25) is 5.91 Å². The number of nitrogens with one attached hydrogen (secondary N) is 1. The van der Waals surface area contributed by atoms with E-state index in [0.29, 0.717) is 39.1 Å². The molecule has 0 spiro atoms. The van der Waals surface area contributed by atoms with Crippen molar-refractivity contribution < 1.29 is 24.1 Å². The minimum absolute atomic E-state index is 0.223. The van der Waals surface area contributed by atoms with Gasteiger partial charge in [-0.2, -0.15) is 0 Å². The SMILES string of the molecule is COc1cc(Cl)cc(C(O)c2cccc(OC)c2OC)c1NC(=O)C(C)(C)C. The molecule has 7 heteroatoms. The average molecular weight is 408 g/mol. The van der Waals surface area contributed by atoms with Gasteiger partial charge in [0.15, 0.2) is 11.5 Å². The Morgan fingerprint density at radius 2 is 1.68 bits per heavy atom. The van der Waals surface area contributed by atoms with Crippen molar-refractivity contribution in [1.82, 2.24) is 0 Å². The number of halogens is 1. The first-order chi connectivity index (χ1) is 13.1. The van der Waals surface area contributed by atoms with Crippen LogP contribution < -0.4 is 19.5 Å². The topological polar surface area (TPSA) is 77.0 Å². The second kappa shape index (κ2) is 8.71. The summed E-state index contributed by atoms with van der Waals surface area (Å²) in [6, 6.07) is 8.37. The van der Waals surface area contributed by atoms with Gasteiger partial charge in [-0.1, -0.05) is 44.5 Å². The maximum atomic E-state index is 12.6. The molecule has 152 valence electrons. The fourth-order valence-corrected chi connectivity index (χ4v) is 2.92. The third-order valence-electron chi connectivity index (χ3n) is 4.26. The van der Waals surface area contributed by atoms with Gasteiger partial charge in [0.1, 0.15) is 11.9 Å². The van der Waals surface area contributed by atoms with Crippen molar-refractivity contribution in [1.29, 1.82) is 0 Å². The predicted molar refractivity (Wildman–Crippen MR) is 110 cm³/mol. The number of anilines is 1. The summed E-state index contributed by atoms with van der Waals surface area (Å²) in [6.45, 7) is 5.39. The molecule has 2 aromatic rings. The van der Waals surface area contributed by atoms with Gasteiger partial charge in [0.05, 0.1) is 27.0 Å². The summed E-state index contributed by atoms with van der Waals surface area (Å²) in [4.78, 5) is 12.6. The molecule has 2 rings (SSSR count). The van der Waals surface area contributed by atoms with Gasteiger partial charge in [0, 0.05) is 27.6 Å². The molecule has 0 aliphatic carbocycles. The Hall–Kier alpha value is -2.44. The average Bonchev–Trinajstić information content (AvgIpc) is 2.66. The third-order valence-corrected chi connectivity index (χ3v) is 4.48. The lowest BCUT2D eigenvalue weighted by atomic mass is 9.94. The highest BCUT2D eigenvalue weighted by molar-refractivity contribution is 6.31. The Balaban J connectivity index is 2.64. The fraction of sp³-hybridized carbons (Fsp3) is 0.381. The number of carbonyl (C=O) groups is 1. The Morgan fingerprint density at radius 3 is 2.21 bits per heavy atom. The van der Waals surface area contributed by atoms with Crippen LogP contribution in [0.5, 0.6) is 17.2 Å². The largest absolute Gasteiger partial charge is 0.495 e. The molecule has 1 amide bonds. The molecule has 0 saturated carbocycles. The molecule has 0 fully saturated rings. The van der Waals surface area contributed by atoms with E-state index in [-0.39, 0.29) is 5.91 Å². The first-order valence-corrected chi connectivity index (χ1v) is 9.09. The molecule has 0 radical (unpaired) electrons. The van der Waals surface area contributed by atoms with Crippen LogP contribution in [0, 0.1) is 5.41 Å². The highest BCUT2D eigenvalue weighted by atomic mass is 35.5. The second-order valence-corrected chi connectivity index (χ2v) is 7.70. The summed E-state index contributed by atoms with van der Waals surface area (Å²) in [6.07, 6.45) is -1.15. The molecule has 0 aromatic heterocycles. The van der Waals surface area contributed by atoms with Crippen molar-refractivity contribution in [2.75, 3.05) is 26.6 Å². The zero-order valence-corrected chi connectivity index (χ0v) is 17.7. The van der Waals surface area contributed by atoms with Gasteiger partial charge in [-0.05, 0) is 12.1 Å². The lowest BCUT2D eigenvalue weighted by Crippen LogP contribution is -2.28. The zero-order valence-electron chi connectivity index (χ0n) is 16.9. The minimum atomic E-state index is -1.15. The lowest BCUT2D eigenvalue weighted by molar-refractivity contribution is -0.123. The molecule has 2 N–H and O–H groups in total. The number of amides is 1. The summed E-state index contributed by atoms with van der Waals surface area (Å²) >= 11 is 6.23. The van der Waals surface area contributed by atoms with Gasteiger partial charge >= 0.3 is 0 Å². The zero-order chi connectivity index (χ0) is 21.1. The number of aliphatic hydroxyl groups is 1. The van der Waals surface area contributed by atoms with Crippen LogP contribution in [-0.4, -0.2) is 32.3 Å². The van der Waals surface area contributed by atoms with E-state index in [1.165, 1.54) is 21.3 Å². The number of aliphatic hydroxyl groups excluding tert-OH is 1. The Labute approximate surface area is 170 Å². The van der Waals surface area contributed by atoms with Gasteiger partial charge < -0.3 is 24.6 Å². The molecule has 28 heavy (non-hydrogen) atoms. The smallest absolute Gasteiger partial charge is 0.229 e. The van der Waals surface area contributed by atoms with E-state index in [2.05, 4.69) is 5.32 Å². The van der Waals surface area contributed by atoms with Crippen LogP contribution in [0.1, 0.15) is 38.0 Å². The first kappa shape index (κ1) is 21.9. The number of methoxy groups -OCH3 is 3. The van der Waals surface area contributed by atoms with E-state index in [1.54, 1.807) is 51.1 Å². The van der Waals surface area contributed by atoms with E-state index >= 15 is 0 Å². The number of benzene rings is 2. The van der Waals surface area contributed by atoms with E-state index in [9.17, 15) is 9.90 Å². The van der Waals surface area contributed by atoms with Crippen molar-refractivity contribution >= 4 is 23.2 Å². The molecule has 2 aromatic carbocycles. The summed E-state index contributed by atoms with van der Waals surface area (Å²) < 4.78 is 16.2. The molecule has 1 atom stereocenters. The molecule has 0 aliphatic rings. The molecule has 6 nitrogen and oxygen atoms in total. The Kier molecular flexibility index (Phi) is 6.80. The van der Waals surface area contributed by atoms with Crippen molar-refractivity contribution in [3.8, 4) is 17.2 Å². The quantitative estimate of drug-likeness (QED) is 0.740.